The normalized spacial score (nSPS) is 9.30. The molecule has 126 valence electrons. The zero-order valence-electron chi connectivity index (χ0n) is 13.2. The van der Waals surface area contributed by atoms with Crippen LogP contribution in [0.4, 0.5) is 0 Å². The minimum absolute atomic E-state index is 0. The highest BCUT2D eigenvalue weighted by atomic mass is 127. The summed E-state index contributed by atoms with van der Waals surface area (Å²) < 4.78 is 10.8. The summed E-state index contributed by atoms with van der Waals surface area (Å²) in [6.45, 7) is 0. The van der Waals surface area contributed by atoms with Crippen molar-refractivity contribution in [3.63, 3.8) is 0 Å². The number of hydrogen-bond donors (Lipinski definition) is 0. The number of hydrogen-bond acceptors (Lipinski definition) is 5. The van der Waals surface area contributed by atoms with E-state index in [4.69, 9.17) is 5.26 Å². The van der Waals surface area contributed by atoms with Crippen molar-refractivity contribution >= 4 is 46.1 Å². The van der Waals surface area contributed by atoms with Gasteiger partial charge >= 0.3 is 0 Å². The number of nitrogens with zero attached hydrogens (tertiary/aromatic N) is 4. The number of alkyl halides is 1. The highest BCUT2D eigenvalue weighted by molar-refractivity contribution is 14.1. The van der Waals surface area contributed by atoms with E-state index in [0.29, 0.717) is 6.42 Å². The third-order valence-electron chi connectivity index (χ3n) is 2.84. The summed E-state index contributed by atoms with van der Waals surface area (Å²) in [7, 11) is 2.01. The van der Waals surface area contributed by atoms with Crippen LogP contribution in [0.5, 0.6) is 0 Å². The molecule has 0 fully saturated rings. The second-order valence-electron chi connectivity index (χ2n) is 4.49. The van der Waals surface area contributed by atoms with E-state index < -0.39 is 0 Å². The van der Waals surface area contributed by atoms with Crippen molar-refractivity contribution in [1.82, 2.24) is 8.75 Å². The van der Waals surface area contributed by atoms with Gasteiger partial charge in [0.15, 0.2) is 12.4 Å². The van der Waals surface area contributed by atoms with Crippen LogP contribution < -0.4 is 28.5 Å². The lowest BCUT2D eigenvalue weighted by molar-refractivity contribution is -0.671. The maximum absolute atomic E-state index is 8.48. The molecular weight excluding hydrogens is 554 g/mol. The fourth-order valence-electron chi connectivity index (χ4n) is 1.83. The van der Waals surface area contributed by atoms with Crippen LogP contribution in [-0.2, 0) is 7.05 Å². The Balaban J connectivity index is 0.00000155. The monoisotopic (exact) mass is 574 g/mol. The average Bonchev–Trinajstić information content (AvgIpc) is 3.01. The molecule has 0 spiro atoms. The van der Waals surface area contributed by atoms with Crippen molar-refractivity contribution < 1.29 is 28.5 Å². The predicted octanol–water partition coefficient (Wildman–Crippen LogP) is 1.26. The van der Waals surface area contributed by atoms with Crippen LogP contribution in [0.3, 0.4) is 0 Å². The number of pyridine rings is 1. The number of aryl methyl sites for hydroxylation is 1. The van der Waals surface area contributed by atoms with E-state index in [9.17, 15) is 0 Å². The largest absolute Gasteiger partial charge is 1.00 e. The quantitative estimate of drug-likeness (QED) is 0.165. The molecule has 2 heterocycles. The number of thioether (sulfide) groups is 1. The van der Waals surface area contributed by atoms with Gasteiger partial charge < -0.3 is 24.0 Å². The molecule has 0 aromatic carbocycles. The molecule has 4 nitrogen and oxygen atoms in total. The van der Waals surface area contributed by atoms with Crippen LogP contribution in [-0.4, -0.2) is 19.4 Å². The van der Waals surface area contributed by atoms with Crippen molar-refractivity contribution in [3.05, 3.63) is 24.5 Å². The first-order valence-corrected chi connectivity index (χ1v) is 10.8. The van der Waals surface area contributed by atoms with Gasteiger partial charge in [0.1, 0.15) is 17.8 Å². The van der Waals surface area contributed by atoms with E-state index in [1.165, 1.54) is 11.7 Å². The van der Waals surface area contributed by atoms with Crippen LogP contribution in [0.15, 0.2) is 29.6 Å². The first kappa shape index (κ1) is 23.0. The van der Waals surface area contributed by atoms with Crippen molar-refractivity contribution in [2.45, 2.75) is 30.7 Å². The zero-order chi connectivity index (χ0) is 16.2. The summed E-state index contributed by atoms with van der Waals surface area (Å²) in [5, 5.41) is 9.50. The summed E-state index contributed by atoms with van der Waals surface area (Å²) >= 11 is 5.17. The van der Waals surface area contributed by atoms with Gasteiger partial charge in [0.05, 0.1) is 23.4 Å². The van der Waals surface area contributed by atoms with Crippen LogP contribution in [0.1, 0.15) is 25.7 Å². The molecule has 2 aromatic rings. The lowest BCUT2D eigenvalue weighted by Gasteiger charge is -2.00. The number of halogens is 2. The molecule has 0 unspecified atom stereocenters. The van der Waals surface area contributed by atoms with Crippen LogP contribution in [0.2, 0.25) is 0 Å². The van der Waals surface area contributed by atoms with Crippen molar-refractivity contribution in [1.29, 1.82) is 5.26 Å². The standard InChI is InChI=1S/C14H17N4S2.CH3I.HI/c1-18-9-6-7-12(11-18)13-14(17-20-16-13)19-10-5-3-2-4-8-15;1-2;/h6-7,9,11H,2-5,10H2,1H3;1H3;1H/q+1;;/p-1. The number of unbranched alkanes of at least 4 members (excludes halogenated alkanes) is 3. The molecule has 0 atom stereocenters. The Bertz CT molecular complexity index is 599. The number of nitriles is 1. The molecule has 0 N–H and O–H groups in total. The summed E-state index contributed by atoms with van der Waals surface area (Å²) in [6.07, 6.45) is 7.95. The Kier molecular flexibility index (Phi) is 14.4. The molecular formula is C15H20I2N4S2. The van der Waals surface area contributed by atoms with Gasteiger partial charge in [0.25, 0.3) is 0 Å². The van der Waals surface area contributed by atoms with E-state index in [2.05, 4.69) is 49.7 Å². The van der Waals surface area contributed by atoms with Gasteiger partial charge in [-0.15, -0.1) is 11.8 Å². The Hall–Kier alpha value is 0.01000. The number of aromatic nitrogens is 3. The summed E-state index contributed by atoms with van der Waals surface area (Å²) in [4.78, 5) is 1.97. The van der Waals surface area contributed by atoms with E-state index >= 15 is 0 Å². The fourth-order valence-corrected chi connectivity index (χ4v) is 3.52. The maximum Gasteiger partial charge on any atom is 0.178 e. The summed E-state index contributed by atoms with van der Waals surface area (Å²) in [5.74, 6) is 1.03. The third kappa shape index (κ3) is 8.60. The van der Waals surface area contributed by atoms with Gasteiger partial charge in [-0.2, -0.15) is 14.0 Å². The topological polar surface area (TPSA) is 53.5 Å². The van der Waals surface area contributed by atoms with Crippen LogP contribution >= 0.6 is 46.1 Å². The van der Waals surface area contributed by atoms with Crippen molar-refractivity contribution in [2.75, 3.05) is 10.7 Å². The molecule has 0 bridgehead atoms. The first-order valence-electron chi connectivity index (χ1n) is 6.97. The van der Waals surface area contributed by atoms with E-state index in [1.54, 1.807) is 11.8 Å². The van der Waals surface area contributed by atoms with Gasteiger partial charge in [-0.25, -0.2) is 4.57 Å². The van der Waals surface area contributed by atoms with E-state index in [1.807, 2.05) is 28.8 Å². The third-order valence-corrected chi connectivity index (χ3v) is 4.54. The summed E-state index contributed by atoms with van der Waals surface area (Å²) in [5.41, 5.74) is 2.09. The Labute approximate surface area is 177 Å². The smallest absolute Gasteiger partial charge is 0.178 e. The van der Waals surface area contributed by atoms with Gasteiger partial charge in [0, 0.05) is 12.5 Å². The average molecular weight is 574 g/mol. The molecule has 8 heteroatoms. The van der Waals surface area contributed by atoms with Gasteiger partial charge in [0.2, 0.25) is 0 Å². The highest BCUT2D eigenvalue weighted by Gasteiger charge is 2.13. The Morgan fingerprint density at radius 1 is 1.30 bits per heavy atom. The van der Waals surface area contributed by atoms with E-state index in [-0.39, 0.29) is 24.0 Å². The molecule has 2 rings (SSSR count). The molecule has 0 radical (unpaired) electrons. The minimum atomic E-state index is 0. The number of rotatable bonds is 7. The molecule has 0 aliphatic carbocycles. The second kappa shape index (κ2) is 14.4. The zero-order valence-corrected chi connectivity index (χ0v) is 19.2. The lowest BCUT2D eigenvalue weighted by atomic mass is 10.2. The molecule has 0 saturated carbocycles. The lowest BCUT2D eigenvalue weighted by Crippen LogP contribution is -3.00. The fraction of sp³-hybridized carbons (Fsp3) is 0.467. The molecule has 0 aliphatic rings. The molecule has 2 aromatic heterocycles. The van der Waals surface area contributed by atoms with Crippen LogP contribution in [0.25, 0.3) is 11.3 Å². The molecule has 0 saturated heterocycles. The summed E-state index contributed by atoms with van der Waals surface area (Å²) in [6, 6.07) is 6.26. The molecule has 0 aliphatic heterocycles. The molecule has 23 heavy (non-hydrogen) atoms. The minimum Gasteiger partial charge on any atom is -1.00 e. The Morgan fingerprint density at radius 2 is 2.09 bits per heavy atom. The van der Waals surface area contributed by atoms with E-state index in [0.717, 1.165) is 41.3 Å². The predicted molar refractivity (Wildman–Crippen MR) is 101 cm³/mol. The second-order valence-corrected chi connectivity index (χ2v) is 6.11. The molecule has 0 amide bonds. The van der Waals surface area contributed by atoms with Crippen LogP contribution in [0, 0.1) is 11.3 Å². The van der Waals surface area contributed by atoms with Gasteiger partial charge in [-0.1, -0.05) is 29.0 Å². The van der Waals surface area contributed by atoms with Crippen molar-refractivity contribution in [3.8, 4) is 17.3 Å². The SMILES string of the molecule is CI.C[n+]1cccc(-c2nsnc2SCCCCCC#N)c1.[I-]. The van der Waals surface area contributed by atoms with Gasteiger partial charge in [-0.05, 0) is 29.6 Å². The van der Waals surface area contributed by atoms with Gasteiger partial charge in [-0.3, -0.25) is 0 Å². The van der Waals surface area contributed by atoms with Crippen molar-refractivity contribution in [2.24, 2.45) is 7.05 Å². The Morgan fingerprint density at radius 3 is 2.78 bits per heavy atom. The first-order chi connectivity index (χ1) is 10.8. The highest BCUT2D eigenvalue weighted by Crippen LogP contribution is 2.29. The maximum atomic E-state index is 8.48.